The van der Waals surface area contributed by atoms with Crippen LogP contribution in [0.2, 0.25) is 0 Å². The number of aromatic carboxylic acids is 1. The van der Waals surface area contributed by atoms with Gasteiger partial charge in [-0.15, -0.1) is 11.8 Å². The molecule has 0 saturated heterocycles. The summed E-state index contributed by atoms with van der Waals surface area (Å²) in [6, 6.07) is 5.20. The minimum Gasteiger partial charge on any atom is -0.478 e. The first kappa shape index (κ1) is 12.1. The van der Waals surface area contributed by atoms with Crippen molar-refractivity contribution in [1.82, 2.24) is 0 Å². The van der Waals surface area contributed by atoms with E-state index in [2.05, 4.69) is 0 Å². The predicted molar refractivity (Wildman–Crippen MR) is 60.5 cm³/mol. The highest BCUT2D eigenvalue weighted by Crippen LogP contribution is 2.22. The molecule has 1 aromatic rings. The van der Waals surface area contributed by atoms with E-state index in [0.29, 0.717) is 11.3 Å². The minimum absolute atomic E-state index is 0.330. The maximum absolute atomic E-state index is 10.8. The van der Waals surface area contributed by atoms with Gasteiger partial charge < -0.3 is 10.2 Å². The molecule has 1 rings (SSSR count). The lowest BCUT2D eigenvalue weighted by atomic mass is 10.1. The number of hydrogen-bond donors (Lipinski definition) is 2. The number of aryl methyl sites for hydroxylation is 1. The van der Waals surface area contributed by atoms with Crippen LogP contribution < -0.4 is 0 Å². The molecule has 0 aliphatic rings. The molecule has 0 amide bonds. The highest BCUT2D eigenvalue weighted by Gasteiger charge is 2.07. The number of benzene rings is 1. The highest BCUT2D eigenvalue weighted by molar-refractivity contribution is 7.99. The van der Waals surface area contributed by atoms with Gasteiger partial charge in [0.25, 0.3) is 0 Å². The summed E-state index contributed by atoms with van der Waals surface area (Å²) < 4.78 is 0. The maximum Gasteiger partial charge on any atom is 0.335 e. The first-order chi connectivity index (χ1) is 7.00. The number of rotatable bonds is 4. The number of hydrogen-bond acceptors (Lipinski definition) is 3. The van der Waals surface area contributed by atoms with E-state index in [4.69, 9.17) is 10.2 Å². The second-order valence-electron chi connectivity index (χ2n) is 3.44. The zero-order valence-electron chi connectivity index (χ0n) is 8.73. The zero-order valence-corrected chi connectivity index (χ0v) is 9.54. The summed E-state index contributed by atoms with van der Waals surface area (Å²) >= 11 is 1.52. The number of thioether (sulfide) groups is 1. The van der Waals surface area contributed by atoms with Crippen molar-refractivity contribution >= 4 is 17.7 Å². The Kier molecular flexibility index (Phi) is 4.17. The summed E-state index contributed by atoms with van der Waals surface area (Å²) in [6.07, 6.45) is -0.352. The van der Waals surface area contributed by atoms with Crippen molar-refractivity contribution in [2.45, 2.75) is 24.8 Å². The van der Waals surface area contributed by atoms with Crippen LogP contribution in [0.5, 0.6) is 0 Å². The number of carboxylic acids is 1. The summed E-state index contributed by atoms with van der Waals surface area (Å²) in [5, 5.41) is 17.9. The monoisotopic (exact) mass is 226 g/mol. The molecule has 0 radical (unpaired) electrons. The summed E-state index contributed by atoms with van der Waals surface area (Å²) in [4.78, 5) is 11.7. The van der Waals surface area contributed by atoms with Gasteiger partial charge in [-0.2, -0.15) is 0 Å². The van der Waals surface area contributed by atoms with Crippen LogP contribution in [-0.4, -0.2) is 28.0 Å². The van der Waals surface area contributed by atoms with E-state index in [-0.39, 0.29) is 6.10 Å². The normalized spacial score (nSPS) is 12.5. The van der Waals surface area contributed by atoms with Gasteiger partial charge in [-0.25, -0.2) is 4.79 Å². The Balaban J connectivity index is 2.78. The van der Waals surface area contributed by atoms with Crippen molar-refractivity contribution in [2.75, 3.05) is 5.75 Å². The van der Waals surface area contributed by atoms with Gasteiger partial charge in [-0.05, 0) is 37.6 Å². The molecule has 2 N–H and O–H groups in total. The van der Waals surface area contributed by atoms with E-state index >= 15 is 0 Å². The lowest BCUT2D eigenvalue weighted by Gasteiger charge is -2.06. The first-order valence-electron chi connectivity index (χ1n) is 4.65. The van der Waals surface area contributed by atoms with Crippen LogP contribution in [0.25, 0.3) is 0 Å². The smallest absolute Gasteiger partial charge is 0.335 e. The molecule has 0 aromatic heterocycles. The highest BCUT2D eigenvalue weighted by atomic mass is 32.2. The molecule has 4 heteroatoms. The SMILES string of the molecule is Cc1cc(SCC(C)O)ccc1C(=O)O. The number of aliphatic hydroxyl groups excluding tert-OH is 1. The molecule has 0 spiro atoms. The summed E-state index contributed by atoms with van der Waals surface area (Å²) in [7, 11) is 0. The molecule has 0 heterocycles. The Hall–Kier alpha value is -1.00. The third-order valence-corrected chi connectivity index (χ3v) is 3.16. The predicted octanol–water partition coefficient (Wildman–Crippen LogP) is 2.17. The van der Waals surface area contributed by atoms with Gasteiger partial charge in [0.15, 0.2) is 0 Å². The minimum atomic E-state index is -0.903. The van der Waals surface area contributed by atoms with E-state index < -0.39 is 5.97 Å². The Bertz CT molecular complexity index is 361. The van der Waals surface area contributed by atoms with E-state index in [9.17, 15) is 4.79 Å². The molecule has 3 nitrogen and oxygen atoms in total. The van der Waals surface area contributed by atoms with E-state index in [0.717, 1.165) is 10.5 Å². The van der Waals surface area contributed by atoms with Crippen molar-refractivity contribution < 1.29 is 15.0 Å². The topological polar surface area (TPSA) is 57.5 Å². The van der Waals surface area contributed by atoms with Crippen LogP contribution in [0, 0.1) is 6.92 Å². The van der Waals surface area contributed by atoms with Crippen LogP contribution in [0.15, 0.2) is 23.1 Å². The summed E-state index contributed by atoms with van der Waals surface area (Å²) in [6.45, 7) is 3.50. The molecule has 0 bridgehead atoms. The number of carbonyl (C=O) groups is 1. The summed E-state index contributed by atoms with van der Waals surface area (Å²) in [5.74, 6) is -0.286. The van der Waals surface area contributed by atoms with Gasteiger partial charge in [0.05, 0.1) is 11.7 Å². The van der Waals surface area contributed by atoms with E-state index in [1.165, 1.54) is 11.8 Å². The lowest BCUT2D eigenvalue weighted by molar-refractivity contribution is 0.0696. The second-order valence-corrected chi connectivity index (χ2v) is 4.54. The molecule has 0 fully saturated rings. The molecule has 0 aliphatic carbocycles. The average molecular weight is 226 g/mol. The molecule has 82 valence electrons. The van der Waals surface area contributed by atoms with Crippen LogP contribution in [-0.2, 0) is 0 Å². The molecule has 1 aromatic carbocycles. The van der Waals surface area contributed by atoms with Gasteiger partial charge in [0, 0.05) is 10.6 Å². The third kappa shape index (κ3) is 3.57. The quantitative estimate of drug-likeness (QED) is 0.772. The third-order valence-electron chi connectivity index (χ3n) is 1.92. The molecular formula is C11H14O3S. The molecular weight excluding hydrogens is 212 g/mol. The lowest BCUT2D eigenvalue weighted by Crippen LogP contribution is -2.03. The van der Waals surface area contributed by atoms with Gasteiger partial charge >= 0.3 is 5.97 Å². The van der Waals surface area contributed by atoms with Gasteiger partial charge in [0.2, 0.25) is 0 Å². The van der Waals surface area contributed by atoms with Gasteiger partial charge in [-0.1, -0.05) is 0 Å². The van der Waals surface area contributed by atoms with Crippen LogP contribution in [0.3, 0.4) is 0 Å². The standard InChI is InChI=1S/C11H14O3S/c1-7-5-9(15-6-8(2)12)3-4-10(7)11(13)14/h3-5,8,12H,6H2,1-2H3,(H,13,14). The molecule has 1 unspecified atom stereocenters. The van der Waals surface area contributed by atoms with Crippen molar-refractivity contribution in [3.8, 4) is 0 Å². The number of aliphatic hydroxyl groups is 1. The van der Waals surface area contributed by atoms with Gasteiger partial charge in [0.1, 0.15) is 0 Å². The van der Waals surface area contributed by atoms with Crippen LogP contribution in [0.4, 0.5) is 0 Å². The van der Waals surface area contributed by atoms with Crippen molar-refractivity contribution in [3.63, 3.8) is 0 Å². The maximum atomic E-state index is 10.8. The average Bonchev–Trinajstić information content (AvgIpc) is 2.14. The molecule has 15 heavy (non-hydrogen) atoms. The molecule has 0 saturated carbocycles. The van der Waals surface area contributed by atoms with Crippen molar-refractivity contribution in [3.05, 3.63) is 29.3 Å². The molecule has 0 aliphatic heterocycles. The zero-order chi connectivity index (χ0) is 11.4. The van der Waals surface area contributed by atoms with Crippen LogP contribution in [0.1, 0.15) is 22.8 Å². The Morgan fingerprint density at radius 3 is 2.67 bits per heavy atom. The van der Waals surface area contributed by atoms with Crippen LogP contribution >= 0.6 is 11.8 Å². The fourth-order valence-corrected chi connectivity index (χ4v) is 2.04. The van der Waals surface area contributed by atoms with Crippen molar-refractivity contribution in [1.29, 1.82) is 0 Å². The first-order valence-corrected chi connectivity index (χ1v) is 5.64. The van der Waals surface area contributed by atoms with E-state index in [1.54, 1.807) is 26.0 Å². The second kappa shape index (κ2) is 5.19. The van der Waals surface area contributed by atoms with E-state index in [1.807, 2.05) is 6.07 Å². The Labute approximate surface area is 93.1 Å². The largest absolute Gasteiger partial charge is 0.478 e. The fraction of sp³-hybridized carbons (Fsp3) is 0.364. The fourth-order valence-electron chi connectivity index (χ4n) is 1.18. The number of carboxylic acid groups (broad SMARTS) is 1. The summed E-state index contributed by atoms with van der Waals surface area (Å²) in [5.41, 5.74) is 1.08. The Morgan fingerprint density at radius 2 is 2.20 bits per heavy atom. The molecule has 1 atom stereocenters. The Morgan fingerprint density at radius 1 is 1.53 bits per heavy atom. The van der Waals surface area contributed by atoms with Gasteiger partial charge in [-0.3, -0.25) is 0 Å². The van der Waals surface area contributed by atoms with Crippen molar-refractivity contribution in [2.24, 2.45) is 0 Å².